The van der Waals surface area contributed by atoms with Crippen molar-refractivity contribution in [3.8, 4) is 0 Å². The lowest BCUT2D eigenvalue weighted by Crippen LogP contribution is -2.49. The zero-order valence-corrected chi connectivity index (χ0v) is 13.0. The first kappa shape index (κ1) is 14.4. The van der Waals surface area contributed by atoms with Gasteiger partial charge in [-0.05, 0) is 25.5 Å². The molecule has 1 atom stereocenters. The van der Waals surface area contributed by atoms with Crippen LogP contribution in [0.2, 0.25) is 0 Å². The number of rotatable bonds is 4. The minimum atomic E-state index is -0.108. The Bertz CT molecular complexity index is 542. The molecule has 0 bridgehead atoms. The number of hydrogen-bond acceptors (Lipinski definition) is 5. The number of piperazine rings is 1. The van der Waals surface area contributed by atoms with Crippen molar-refractivity contribution < 1.29 is 4.79 Å². The predicted molar refractivity (Wildman–Crippen MR) is 88.1 cm³/mol. The van der Waals surface area contributed by atoms with Crippen molar-refractivity contribution in [3.63, 3.8) is 0 Å². The van der Waals surface area contributed by atoms with Gasteiger partial charge in [0.1, 0.15) is 4.88 Å². The van der Waals surface area contributed by atoms with Crippen molar-refractivity contribution in [2.24, 2.45) is 0 Å². The molecule has 1 unspecified atom stereocenters. The molecule has 21 heavy (non-hydrogen) atoms. The average Bonchev–Trinajstić information content (AvgIpc) is 3.10. The Kier molecular flexibility index (Phi) is 4.17. The molecule has 1 amide bonds. The van der Waals surface area contributed by atoms with E-state index < -0.39 is 0 Å². The highest BCUT2D eigenvalue weighted by Crippen LogP contribution is 2.34. The van der Waals surface area contributed by atoms with E-state index in [1.807, 2.05) is 6.07 Å². The van der Waals surface area contributed by atoms with Gasteiger partial charge in [-0.25, -0.2) is 0 Å². The van der Waals surface area contributed by atoms with E-state index in [2.05, 4.69) is 21.7 Å². The van der Waals surface area contributed by atoms with Gasteiger partial charge in [0.25, 0.3) is 5.91 Å². The summed E-state index contributed by atoms with van der Waals surface area (Å²) >= 11 is 1.49. The van der Waals surface area contributed by atoms with E-state index in [0.29, 0.717) is 23.2 Å². The fourth-order valence-electron chi connectivity index (χ4n) is 3.16. The molecule has 114 valence electrons. The number of amides is 1. The lowest BCUT2D eigenvalue weighted by atomic mass is 10.1. The van der Waals surface area contributed by atoms with Crippen molar-refractivity contribution in [1.82, 2.24) is 10.2 Å². The Labute approximate surface area is 129 Å². The number of nitrogens with one attached hydrogen (secondary N) is 1. The molecular weight excluding hydrogens is 284 g/mol. The van der Waals surface area contributed by atoms with Crippen LogP contribution in [0, 0.1) is 0 Å². The SMILES string of the molecule is C=CCNC(=O)c1sc(N2CCN3CCCC3C2)cc1N. The highest BCUT2D eigenvalue weighted by Gasteiger charge is 2.31. The lowest BCUT2D eigenvalue weighted by Gasteiger charge is -2.38. The van der Waals surface area contributed by atoms with Crippen LogP contribution < -0.4 is 16.0 Å². The van der Waals surface area contributed by atoms with Crippen LogP contribution >= 0.6 is 11.3 Å². The van der Waals surface area contributed by atoms with Crippen LogP contribution in [0.25, 0.3) is 0 Å². The van der Waals surface area contributed by atoms with Crippen molar-refractivity contribution in [3.05, 3.63) is 23.6 Å². The number of anilines is 2. The van der Waals surface area contributed by atoms with Gasteiger partial charge in [-0.15, -0.1) is 17.9 Å². The second-order valence-electron chi connectivity index (χ2n) is 5.65. The molecule has 6 heteroatoms. The number of nitrogens with two attached hydrogens (primary N) is 1. The fourth-order valence-corrected chi connectivity index (χ4v) is 4.19. The number of thiophene rings is 1. The van der Waals surface area contributed by atoms with Gasteiger partial charge >= 0.3 is 0 Å². The quantitative estimate of drug-likeness (QED) is 0.828. The Morgan fingerprint density at radius 1 is 1.52 bits per heavy atom. The second kappa shape index (κ2) is 6.07. The number of nitrogen functional groups attached to an aromatic ring is 1. The molecule has 2 saturated heterocycles. The summed E-state index contributed by atoms with van der Waals surface area (Å²) in [7, 11) is 0. The first-order chi connectivity index (χ1) is 10.2. The monoisotopic (exact) mass is 306 g/mol. The largest absolute Gasteiger partial charge is 0.397 e. The van der Waals surface area contributed by atoms with Crippen LogP contribution in [0.5, 0.6) is 0 Å². The van der Waals surface area contributed by atoms with Crippen LogP contribution in [-0.4, -0.2) is 49.6 Å². The Hall–Kier alpha value is -1.53. The third-order valence-electron chi connectivity index (χ3n) is 4.26. The highest BCUT2D eigenvalue weighted by molar-refractivity contribution is 7.18. The molecule has 0 radical (unpaired) electrons. The van der Waals surface area contributed by atoms with E-state index in [1.54, 1.807) is 6.08 Å². The predicted octanol–water partition coefficient (Wildman–Crippen LogP) is 1.53. The third kappa shape index (κ3) is 2.91. The van der Waals surface area contributed by atoms with Crippen LogP contribution in [0.1, 0.15) is 22.5 Å². The van der Waals surface area contributed by atoms with E-state index in [-0.39, 0.29) is 5.91 Å². The van der Waals surface area contributed by atoms with E-state index in [4.69, 9.17) is 5.73 Å². The van der Waals surface area contributed by atoms with Gasteiger partial charge in [-0.1, -0.05) is 6.08 Å². The summed E-state index contributed by atoms with van der Waals surface area (Å²) in [6.45, 7) is 8.48. The molecule has 0 aliphatic carbocycles. The van der Waals surface area contributed by atoms with Gasteiger partial charge in [0.05, 0.1) is 10.7 Å². The Morgan fingerprint density at radius 2 is 2.38 bits per heavy atom. The zero-order valence-electron chi connectivity index (χ0n) is 12.2. The molecular formula is C15H22N4OS. The summed E-state index contributed by atoms with van der Waals surface area (Å²) < 4.78 is 0. The second-order valence-corrected chi connectivity index (χ2v) is 6.68. The molecule has 5 nitrogen and oxygen atoms in total. The highest BCUT2D eigenvalue weighted by atomic mass is 32.1. The molecule has 1 aromatic rings. The van der Waals surface area contributed by atoms with Gasteiger partial charge < -0.3 is 16.0 Å². The summed E-state index contributed by atoms with van der Waals surface area (Å²) in [5.41, 5.74) is 6.59. The Morgan fingerprint density at radius 3 is 3.19 bits per heavy atom. The average molecular weight is 306 g/mol. The normalized spacial score (nSPS) is 22.1. The standard InChI is InChI=1S/C15H22N4OS/c1-2-5-17-15(20)14-12(16)9-13(21-14)19-8-7-18-6-3-4-11(18)10-19/h2,9,11H,1,3-8,10,16H2,(H,17,20). The number of carbonyl (C=O) groups is 1. The summed E-state index contributed by atoms with van der Waals surface area (Å²) in [6, 6.07) is 2.61. The Balaban J connectivity index is 1.71. The van der Waals surface area contributed by atoms with Crippen molar-refractivity contribution in [2.75, 3.05) is 43.4 Å². The van der Waals surface area contributed by atoms with Crippen LogP contribution in [0.4, 0.5) is 10.7 Å². The van der Waals surface area contributed by atoms with Crippen LogP contribution in [-0.2, 0) is 0 Å². The molecule has 0 aromatic carbocycles. The molecule has 3 rings (SSSR count). The summed E-state index contributed by atoms with van der Waals surface area (Å²) in [4.78, 5) is 17.6. The lowest BCUT2D eigenvalue weighted by molar-refractivity contribution is 0.0963. The van der Waals surface area contributed by atoms with Crippen LogP contribution in [0.15, 0.2) is 18.7 Å². The zero-order chi connectivity index (χ0) is 14.8. The van der Waals surface area contributed by atoms with Gasteiger partial charge in [0.2, 0.25) is 0 Å². The summed E-state index contributed by atoms with van der Waals surface area (Å²) in [5, 5.41) is 3.90. The van der Waals surface area contributed by atoms with Gasteiger partial charge in [-0.2, -0.15) is 0 Å². The molecule has 3 heterocycles. The van der Waals surface area contributed by atoms with Crippen molar-refractivity contribution >= 4 is 27.9 Å². The molecule has 1 aromatic heterocycles. The number of hydrogen-bond donors (Lipinski definition) is 2. The number of carbonyl (C=O) groups excluding carboxylic acids is 1. The number of nitrogens with zero attached hydrogens (tertiary/aromatic N) is 2. The maximum absolute atomic E-state index is 12.0. The first-order valence-electron chi connectivity index (χ1n) is 7.46. The van der Waals surface area contributed by atoms with Crippen molar-refractivity contribution in [2.45, 2.75) is 18.9 Å². The maximum atomic E-state index is 12.0. The molecule has 2 aliphatic rings. The fraction of sp³-hybridized carbons (Fsp3) is 0.533. The summed E-state index contributed by atoms with van der Waals surface area (Å²) in [6.07, 6.45) is 4.26. The minimum Gasteiger partial charge on any atom is -0.397 e. The number of fused-ring (bicyclic) bond motifs is 1. The van der Waals surface area contributed by atoms with E-state index in [1.165, 1.54) is 30.7 Å². The molecule has 2 fully saturated rings. The molecule has 2 aliphatic heterocycles. The molecule has 0 saturated carbocycles. The van der Waals surface area contributed by atoms with Crippen molar-refractivity contribution in [1.29, 1.82) is 0 Å². The topological polar surface area (TPSA) is 61.6 Å². The minimum absolute atomic E-state index is 0.108. The smallest absolute Gasteiger partial charge is 0.263 e. The summed E-state index contributed by atoms with van der Waals surface area (Å²) in [5.74, 6) is -0.108. The van der Waals surface area contributed by atoms with Gasteiger partial charge in [0, 0.05) is 32.2 Å². The van der Waals surface area contributed by atoms with Gasteiger partial charge in [0.15, 0.2) is 0 Å². The van der Waals surface area contributed by atoms with E-state index in [0.717, 1.165) is 24.6 Å². The van der Waals surface area contributed by atoms with E-state index in [9.17, 15) is 4.79 Å². The first-order valence-corrected chi connectivity index (χ1v) is 8.28. The van der Waals surface area contributed by atoms with E-state index >= 15 is 0 Å². The van der Waals surface area contributed by atoms with Crippen LogP contribution in [0.3, 0.4) is 0 Å². The third-order valence-corrected chi connectivity index (χ3v) is 5.47. The maximum Gasteiger partial charge on any atom is 0.263 e. The molecule has 0 spiro atoms. The van der Waals surface area contributed by atoms with Gasteiger partial charge in [-0.3, -0.25) is 9.69 Å². The molecule has 3 N–H and O–H groups in total.